The summed E-state index contributed by atoms with van der Waals surface area (Å²) in [6, 6.07) is 8.92. The maximum Gasteiger partial charge on any atom is 0.418 e. The molecule has 2 rings (SSSR count). The van der Waals surface area contributed by atoms with Gasteiger partial charge in [-0.25, -0.2) is 4.39 Å². The lowest BCUT2D eigenvalue weighted by Gasteiger charge is -2.13. The number of carbonyl (C=O) groups excluding carboxylic acids is 1. The van der Waals surface area contributed by atoms with Crippen LogP contribution >= 0.6 is 23.4 Å². The number of carbonyl (C=O) groups is 1. The van der Waals surface area contributed by atoms with E-state index in [2.05, 4.69) is 5.32 Å². The number of hydrogen-bond donors (Lipinski definition) is 1. The van der Waals surface area contributed by atoms with Crippen LogP contribution in [0.1, 0.15) is 11.1 Å². The number of anilines is 1. The van der Waals surface area contributed by atoms with Crippen molar-refractivity contribution in [3.8, 4) is 0 Å². The van der Waals surface area contributed by atoms with E-state index in [-0.39, 0.29) is 22.2 Å². The van der Waals surface area contributed by atoms with E-state index in [0.717, 1.165) is 23.9 Å². The largest absolute Gasteiger partial charge is 0.418 e. The molecule has 2 aromatic rings. The Labute approximate surface area is 145 Å². The van der Waals surface area contributed by atoms with Crippen molar-refractivity contribution in [2.45, 2.75) is 11.9 Å². The van der Waals surface area contributed by atoms with E-state index < -0.39 is 23.5 Å². The lowest BCUT2D eigenvalue weighted by atomic mass is 10.1. The molecule has 0 unspecified atom stereocenters. The van der Waals surface area contributed by atoms with Crippen LogP contribution in [0, 0.1) is 5.82 Å². The number of benzene rings is 2. The van der Waals surface area contributed by atoms with Gasteiger partial charge in [0.25, 0.3) is 0 Å². The van der Waals surface area contributed by atoms with Gasteiger partial charge in [-0.2, -0.15) is 13.2 Å². The number of alkyl halides is 3. The highest BCUT2D eigenvalue weighted by molar-refractivity contribution is 7.99. The van der Waals surface area contributed by atoms with Gasteiger partial charge in [-0.15, -0.1) is 11.8 Å². The highest BCUT2D eigenvalue weighted by Crippen LogP contribution is 2.34. The van der Waals surface area contributed by atoms with Crippen LogP contribution in [0.15, 0.2) is 42.5 Å². The van der Waals surface area contributed by atoms with Crippen molar-refractivity contribution < 1.29 is 22.4 Å². The molecule has 0 aliphatic carbocycles. The van der Waals surface area contributed by atoms with Crippen LogP contribution in [0.5, 0.6) is 0 Å². The van der Waals surface area contributed by atoms with Crippen molar-refractivity contribution >= 4 is 35.0 Å². The predicted octanol–water partition coefficient (Wildman–Crippen LogP) is 5.37. The van der Waals surface area contributed by atoms with Crippen molar-refractivity contribution in [1.82, 2.24) is 0 Å². The molecule has 2 nitrogen and oxygen atoms in total. The van der Waals surface area contributed by atoms with Gasteiger partial charge in [-0.3, -0.25) is 4.79 Å². The number of para-hydroxylation sites is 1. The molecule has 2 aromatic carbocycles. The van der Waals surface area contributed by atoms with Crippen LogP contribution in [-0.4, -0.2) is 11.7 Å². The first-order chi connectivity index (χ1) is 11.3. The van der Waals surface area contributed by atoms with Crippen LogP contribution in [0.25, 0.3) is 0 Å². The minimum Gasteiger partial charge on any atom is -0.325 e. The summed E-state index contributed by atoms with van der Waals surface area (Å²) in [5, 5.41) is 2.50. The Morgan fingerprint density at radius 1 is 1.17 bits per heavy atom. The van der Waals surface area contributed by atoms with Crippen LogP contribution in [0.2, 0.25) is 5.02 Å². The maximum atomic E-state index is 13.6. The Bertz CT molecular complexity index is 736. The first-order valence-electron chi connectivity index (χ1n) is 6.75. The molecule has 0 bridgehead atoms. The van der Waals surface area contributed by atoms with E-state index in [1.165, 1.54) is 30.3 Å². The average molecular weight is 378 g/mol. The highest BCUT2D eigenvalue weighted by atomic mass is 35.5. The van der Waals surface area contributed by atoms with Gasteiger partial charge in [0.05, 0.1) is 17.0 Å². The molecule has 1 N–H and O–H groups in total. The fourth-order valence-corrected chi connectivity index (χ4v) is 2.89. The van der Waals surface area contributed by atoms with E-state index in [0.29, 0.717) is 5.56 Å². The third kappa shape index (κ3) is 5.14. The standard InChI is InChI=1S/C16H12ClF4NOS/c17-11-6-5-10(13(18)7-11)8-24-9-15(23)22-14-4-2-1-3-12(14)16(19,20)21/h1-7H,8-9H2,(H,22,23). The normalized spacial score (nSPS) is 11.4. The summed E-state index contributed by atoms with van der Waals surface area (Å²) < 4.78 is 52.1. The fourth-order valence-electron chi connectivity index (χ4n) is 1.92. The fraction of sp³-hybridized carbons (Fsp3) is 0.188. The average Bonchev–Trinajstić information content (AvgIpc) is 2.49. The molecular formula is C16H12ClF4NOS. The van der Waals surface area contributed by atoms with Gasteiger partial charge in [-0.1, -0.05) is 29.8 Å². The Morgan fingerprint density at radius 2 is 1.88 bits per heavy atom. The zero-order valence-electron chi connectivity index (χ0n) is 12.2. The molecule has 0 fully saturated rings. The molecule has 0 saturated heterocycles. The van der Waals surface area contributed by atoms with Gasteiger partial charge in [0, 0.05) is 10.8 Å². The zero-order valence-corrected chi connectivity index (χ0v) is 13.7. The van der Waals surface area contributed by atoms with Crippen LogP contribution in [0.3, 0.4) is 0 Å². The SMILES string of the molecule is O=C(CSCc1ccc(Cl)cc1F)Nc1ccccc1C(F)(F)F. The quantitative estimate of drug-likeness (QED) is 0.710. The van der Waals surface area contributed by atoms with Gasteiger partial charge in [0.15, 0.2) is 0 Å². The smallest absolute Gasteiger partial charge is 0.325 e. The monoisotopic (exact) mass is 377 g/mol. The molecular weight excluding hydrogens is 366 g/mol. The van der Waals surface area contributed by atoms with Gasteiger partial charge >= 0.3 is 6.18 Å². The van der Waals surface area contributed by atoms with Crippen molar-refractivity contribution in [3.05, 3.63) is 64.4 Å². The van der Waals surface area contributed by atoms with Gasteiger partial charge < -0.3 is 5.32 Å². The minimum atomic E-state index is -4.55. The Morgan fingerprint density at radius 3 is 2.54 bits per heavy atom. The number of amides is 1. The summed E-state index contributed by atoms with van der Waals surface area (Å²) in [7, 11) is 0. The highest BCUT2D eigenvalue weighted by Gasteiger charge is 2.33. The van der Waals surface area contributed by atoms with E-state index in [1.54, 1.807) is 0 Å². The number of thioether (sulfide) groups is 1. The molecule has 0 aromatic heterocycles. The maximum absolute atomic E-state index is 13.6. The molecule has 0 atom stereocenters. The van der Waals surface area contributed by atoms with Crippen molar-refractivity contribution in [2.24, 2.45) is 0 Å². The third-order valence-electron chi connectivity index (χ3n) is 3.01. The molecule has 1 amide bonds. The van der Waals surface area contributed by atoms with Gasteiger partial charge in [0.2, 0.25) is 5.91 Å². The molecule has 24 heavy (non-hydrogen) atoms. The van der Waals surface area contributed by atoms with Crippen molar-refractivity contribution in [1.29, 1.82) is 0 Å². The molecule has 0 saturated carbocycles. The molecule has 0 radical (unpaired) electrons. The first-order valence-corrected chi connectivity index (χ1v) is 8.28. The first kappa shape index (κ1) is 18.6. The molecule has 0 spiro atoms. The second-order valence-corrected chi connectivity index (χ2v) is 6.24. The van der Waals surface area contributed by atoms with E-state index >= 15 is 0 Å². The summed E-state index contributed by atoms with van der Waals surface area (Å²) in [4.78, 5) is 11.8. The Balaban J connectivity index is 1.93. The van der Waals surface area contributed by atoms with E-state index in [1.807, 2.05) is 0 Å². The second-order valence-electron chi connectivity index (χ2n) is 4.82. The second kappa shape index (κ2) is 7.90. The van der Waals surface area contributed by atoms with Crippen molar-refractivity contribution in [2.75, 3.05) is 11.1 Å². The molecule has 0 heterocycles. The predicted molar refractivity (Wildman–Crippen MR) is 87.6 cm³/mol. The van der Waals surface area contributed by atoms with Gasteiger partial charge in [-0.05, 0) is 29.8 Å². The summed E-state index contributed by atoms with van der Waals surface area (Å²) in [5.41, 5.74) is -0.840. The number of nitrogens with one attached hydrogen (secondary N) is 1. The molecule has 128 valence electrons. The van der Waals surface area contributed by atoms with Crippen LogP contribution in [-0.2, 0) is 16.7 Å². The van der Waals surface area contributed by atoms with E-state index in [4.69, 9.17) is 11.6 Å². The van der Waals surface area contributed by atoms with Crippen LogP contribution in [0.4, 0.5) is 23.2 Å². The van der Waals surface area contributed by atoms with Crippen LogP contribution < -0.4 is 5.32 Å². The molecule has 0 aliphatic rings. The number of halogens is 5. The molecule has 8 heteroatoms. The summed E-state index contributed by atoms with van der Waals surface area (Å²) in [6.45, 7) is 0. The Kier molecular flexibility index (Phi) is 6.12. The summed E-state index contributed by atoms with van der Waals surface area (Å²) in [6.07, 6.45) is -4.55. The number of hydrogen-bond acceptors (Lipinski definition) is 2. The molecule has 0 aliphatic heterocycles. The third-order valence-corrected chi connectivity index (χ3v) is 4.23. The summed E-state index contributed by atoms with van der Waals surface area (Å²) in [5.74, 6) is -0.977. The lowest BCUT2D eigenvalue weighted by molar-refractivity contribution is -0.137. The zero-order chi connectivity index (χ0) is 17.7. The summed E-state index contributed by atoms with van der Waals surface area (Å²) >= 11 is 6.73. The van der Waals surface area contributed by atoms with E-state index in [9.17, 15) is 22.4 Å². The topological polar surface area (TPSA) is 29.1 Å². The van der Waals surface area contributed by atoms with Gasteiger partial charge in [0.1, 0.15) is 5.82 Å². The Hall–Kier alpha value is -1.73. The van der Waals surface area contributed by atoms with Crippen molar-refractivity contribution in [3.63, 3.8) is 0 Å². The lowest BCUT2D eigenvalue weighted by Crippen LogP contribution is -2.18. The minimum absolute atomic E-state index is 0.103. The number of rotatable bonds is 5.